The molecule has 0 bridgehead atoms. The minimum absolute atomic E-state index is 0.0909. The highest BCUT2D eigenvalue weighted by Gasteiger charge is 2.32. The van der Waals surface area contributed by atoms with Gasteiger partial charge in [0.15, 0.2) is 0 Å². The number of benzene rings is 2. The highest BCUT2D eigenvalue weighted by atomic mass is 32.2. The number of aromatic nitrogens is 2. The molecule has 1 amide bonds. The van der Waals surface area contributed by atoms with Gasteiger partial charge in [0.05, 0.1) is 29.4 Å². The quantitative estimate of drug-likeness (QED) is 0.210. The lowest BCUT2D eigenvalue weighted by atomic mass is 10.1. The van der Waals surface area contributed by atoms with E-state index in [9.17, 15) is 4.79 Å². The third kappa shape index (κ3) is 5.58. The molecule has 0 atom stereocenters. The van der Waals surface area contributed by atoms with Crippen LogP contribution >= 0.6 is 35.7 Å². The molecule has 1 saturated heterocycles. The Hall–Kier alpha value is -2.39. The Kier molecular flexibility index (Phi) is 8.03. The molecule has 2 aromatic carbocycles. The molecular weight excluding hydrogens is 470 g/mol. The number of nitrogens with zero attached hydrogens (tertiary/aromatic N) is 3. The van der Waals surface area contributed by atoms with Crippen LogP contribution in [0, 0.1) is 0 Å². The molecule has 0 radical (unpaired) electrons. The third-order valence-corrected chi connectivity index (χ3v) is 7.64. The van der Waals surface area contributed by atoms with Crippen LogP contribution in [0.4, 0.5) is 0 Å². The van der Waals surface area contributed by atoms with E-state index in [1.807, 2.05) is 59.0 Å². The van der Waals surface area contributed by atoms with Crippen molar-refractivity contribution in [2.45, 2.75) is 18.2 Å². The summed E-state index contributed by atoms with van der Waals surface area (Å²) in [6, 6.07) is 18.4. The van der Waals surface area contributed by atoms with E-state index in [1.165, 1.54) is 16.7 Å². The molecule has 1 fully saturated rings. The fraction of sp³-hybridized carbons (Fsp3) is 0.240. The van der Waals surface area contributed by atoms with Crippen molar-refractivity contribution in [3.05, 3.63) is 71.3 Å². The van der Waals surface area contributed by atoms with E-state index < -0.39 is 0 Å². The summed E-state index contributed by atoms with van der Waals surface area (Å²) in [5.41, 5.74) is 3.67. The van der Waals surface area contributed by atoms with Gasteiger partial charge in [0.2, 0.25) is 0 Å². The Morgan fingerprint density at radius 1 is 1.15 bits per heavy atom. The zero-order valence-corrected chi connectivity index (χ0v) is 21.0. The molecule has 5 nitrogen and oxygen atoms in total. The van der Waals surface area contributed by atoms with Gasteiger partial charge < -0.3 is 4.74 Å². The van der Waals surface area contributed by atoms with Crippen LogP contribution in [0.2, 0.25) is 0 Å². The first-order chi connectivity index (χ1) is 16.1. The SMILES string of the molecule is CCCSc1ccc(-c2nn(-c3ccccc3)cc2C=C2SC(=S)N(CCOC)C2=O)cc1. The first kappa shape index (κ1) is 23.8. The maximum atomic E-state index is 13.0. The van der Waals surface area contributed by atoms with Crippen LogP contribution in [0.1, 0.15) is 18.9 Å². The van der Waals surface area contributed by atoms with E-state index in [0.717, 1.165) is 34.7 Å². The molecule has 8 heteroatoms. The van der Waals surface area contributed by atoms with Crippen LogP contribution in [0.3, 0.4) is 0 Å². The second-order valence-corrected chi connectivity index (χ2v) is 10.3. The van der Waals surface area contributed by atoms with Gasteiger partial charge in [-0.25, -0.2) is 4.68 Å². The number of methoxy groups -OCH3 is 1. The summed E-state index contributed by atoms with van der Waals surface area (Å²) in [6.07, 6.45) is 5.00. The van der Waals surface area contributed by atoms with Gasteiger partial charge in [-0.05, 0) is 42.5 Å². The Morgan fingerprint density at radius 3 is 2.61 bits per heavy atom. The average molecular weight is 496 g/mol. The summed E-state index contributed by atoms with van der Waals surface area (Å²) in [6.45, 7) is 3.08. The van der Waals surface area contributed by atoms with Gasteiger partial charge in [0.25, 0.3) is 5.91 Å². The standard InChI is InChI=1S/C25H25N3O2S3/c1-3-15-32-21-11-9-18(10-12-21)23-19(17-28(26-23)20-7-5-4-6-8-20)16-22-24(29)27(13-14-30-2)25(31)33-22/h4-12,16-17H,3,13-15H2,1-2H3. The van der Waals surface area contributed by atoms with Gasteiger partial charge in [0.1, 0.15) is 4.32 Å². The number of thioether (sulfide) groups is 2. The van der Waals surface area contributed by atoms with Gasteiger partial charge in [-0.15, -0.1) is 11.8 Å². The summed E-state index contributed by atoms with van der Waals surface area (Å²) < 4.78 is 7.53. The molecule has 170 valence electrons. The van der Waals surface area contributed by atoms with E-state index >= 15 is 0 Å². The zero-order valence-electron chi connectivity index (χ0n) is 18.6. The number of thiocarbonyl (C=S) groups is 1. The van der Waals surface area contributed by atoms with E-state index in [1.54, 1.807) is 12.0 Å². The Balaban J connectivity index is 1.71. The van der Waals surface area contributed by atoms with Crippen molar-refractivity contribution >= 4 is 52.0 Å². The van der Waals surface area contributed by atoms with Crippen LogP contribution in [0.5, 0.6) is 0 Å². The summed E-state index contributed by atoms with van der Waals surface area (Å²) in [4.78, 5) is 16.4. The molecule has 1 aliphatic heterocycles. The predicted octanol–water partition coefficient (Wildman–Crippen LogP) is 5.89. The van der Waals surface area contributed by atoms with Crippen LogP contribution in [-0.4, -0.2) is 50.9 Å². The maximum absolute atomic E-state index is 13.0. The lowest BCUT2D eigenvalue weighted by molar-refractivity contribution is -0.122. The first-order valence-electron chi connectivity index (χ1n) is 10.7. The second-order valence-electron chi connectivity index (χ2n) is 7.41. The molecule has 0 aliphatic carbocycles. The van der Waals surface area contributed by atoms with Crippen LogP contribution in [-0.2, 0) is 9.53 Å². The minimum atomic E-state index is -0.0909. The molecule has 2 heterocycles. The van der Waals surface area contributed by atoms with Crippen LogP contribution in [0.15, 0.2) is 70.6 Å². The lowest BCUT2D eigenvalue weighted by Gasteiger charge is -2.12. The lowest BCUT2D eigenvalue weighted by Crippen LogP contribution is -2.31. The van der Waals surface area contributed by atoms with E-state index in [-0.39, 0.29) is 5.91 Å². The van der Waals surface area contributed by atoms with Crippen molar-refractivity contribution in [3.63, 3.8) is 0 Å². The molecule has 33 heavy (non-hydrogen) atoms. The van der Waals surface area contributed by atoms with Gasteiger partial charge in [-0.1, -0.05) is 61.2 Å². The van der Waals surface area contributed by atoms with Gasteiger partial charge in [-0.3, -0.25) is 9.69 Å². The van der Waals surface area contributed by atoms with Crippen molar-refractivity contribution in [1.82, 2.24) is 14.7 Å². The van der Waals surface area contributed by atoms with Crippen molar-refractivity contribution in [1.29, 1.82) is 0 Å². The highest BCUT2D eigenvalue weighted by Crippen LogP contribution is 2.35. The summed E-state index contributed by atoms with van der Waals surface area (Å²) in [7, 11) is 1.61. The molecular formula is C25H25N3O2S3. The zero-order chi connectivity index (χ0) is 23.2. The number of ether oxygens (including phenoxy) is 1. The largest absolute Gasteiger partial charge is 0.383 e. The normalized spacial score (nSPS) is 15.1. The van der Waals surface area contributed by atoms with Gasteiger partial charge in [0, 0.05) is 29.3 Å². The molecule has 0 saturated carbocycles. The topological polar surface area (TPSA) is 47.4 Å². The molecule has 3 aromatic rings. The summed E-state index contributed by atoms with van der Waals surface area (Å²) in [5.74, 6) is 1.00. The maximum Gasteiger partial charge on any atom is 0.266 e. The van der Waals surface area contributed by atoms with Crippen molar-refractivity contribution in [2.24, 2.45) is 0 Å². The smallest absolute Gasteiger partial charge is 0.266 e. The molecule has 4 rings (SSSR count). The number of rotatable bonds is 9. The molecule has 0 N–H and O–H groups in total. The van der Waals surface area contributed by atoms with Crippen LogP contribution < -0.4 is 0 Å². The number of amides is 1. The fourth-order valence-electron chi connectivity index (χ4n) is 3.38. The van der Waals surface area contributed by atoms with E-state index in [2.05, 4.69) is 31.2 Å². The molecule has 1 aromatic heterocycles. The molecule has 1 aliphatic rings. The summed E-state index contributed by atoms with van der Waals surface area (Å²) in [5, 5.41) is 4.88. The van der Waals surface area contributed by atoms with Gasteiger partial charge in [-0.2, -0.15) is 5.10 Å². The number of carbonyl (C=O) groups excluding carboxylic acids is 1. The number of carbonyl (C=O) groups is 1. The Bertz CT molecular complexity index is 1160. The van der Waals surface area contributed by atoms with E-state index in [4.69, 9.17) is 22.1 Å². The average Bonchev–Trinajstić information content (AvgIpc) is 3.38. The fourth-order valence-corrected chi connectivity index (χ4v) is 5.44. The highest BCUT2D eigenvalue weighted by molar-refractivity contribution is 8.26. The molecule has 0 spiro atoms. The second kappa shape index (κ2) is 11.2. The minimum Gasteiger partial charge on any atom is -0.383 e. The Morgan fingerprint density at radius 2 is 1.91 bits per heavy atom. The summed E-state index contributed by atoms with van der Waals surface area (Å²) >= 11 is 8.60. The van der Waals surface area contributed by atoms with Crippen LogP contribution in [0.25, 0.3) is 23.0 Å². The first-order valence-corrected chi connectivity index (χ1v) is 12.9. The number of para-hydroxylation sites is 1. The van der Waals surface area contributed by atoms with E-state index in [0.29, 0.717) is 22.4 Å². The van der Waals surface area contributed by atoms with Crippen molar-refractivity contribution < 1.29 is 9.53 Å². The number of hydrogen-bond donors (Lipinski definition) is 0. The monoisotopic (exact) mass is 495 g/mol. The third-order valence-electron chi connectivity index (χ3n) is 5.04. The number of hydrogen-bond acceptors (Lipinski definition) is 6. The predicted molar refractivity (Wildman–Crippen MR) is 142 cm³/mol. The Labute approximate surface area is 208 Å². The van der Waals surface area contributed by atoms with Crippen molar-refractivity contribution in [2.75, 3.05) is 26.0 Å². The van der Waals surface area contributed by atoms with Crippen molar-refractivity contribution in [3.8, 4) is 16.9 Å². The van der Waals surface area contributed by atoms with Gasteiger partial charge >= 0.3 is 0 Å². The molecule has 0 unspecified atom stereocenters.